The molecule has 4 N–H and O–H groups in total. The van der Waals surface area contributed by atoms with Gasteiger partial charge in [0, 0.05) is 17.0 Å². The van der Waals surface area contributed by atoms with Crippen LogP contribution in [0.4, 0.5) is 5.69 Å². The Labute approximate surface area is 203 Å². The largest absolute Gasteiger partial charge is 0.481 e. The van der Waals surface area contributed by atoms with Gasteiger partial charge in [-0.2, -0.15) is 0 Å². The molecule has 2 aromatic rings. The molecule has 0 fully saturated rings. The molecule has 180 valence electrons. The number of benzene rings is 2. The molecule has 0 heterocycles. The number of hydrogen-bond donors (Lipinski definition) is 3. The Bertz CT molecular complexity index is 850. The summed E-state index contributed by atoms with van der Waals surface area (Å²) >= 11 is 1.56. The van der Waals surface area contributed by atoms with E-state index in [2.05, 4.69) is 37.3 Å². The Hall–Kier alpha value is -2.24. The fourth-order valence-corrected chi connectivity index (χ4v) is 4.89. The monoisotopic (exact) mass is 469 g/mol. The van der Waals surface area contributed by atoms with Gasteiger partial charge in [-0.1, -0.05) is 75.1 Å². The average molecular weight is 470 g/mol. The number of aryl methyl sites for hydroxylation is 1. The van der Waals surface area contributed by atoms with E-state index in [0.29, 0.717) is 18.5 Å². The normalized spacial score (nSPS) is 13.3. The summed E-state index contributed by atoms with van der Waals surface area (Å²) in [5.41, 5.74) is 9.23. The number of thioether (sulfide) groups is 1. The fourth-order valence-electron chi connectivity index (χ4n) is 3.73. The summed E-state index contributed by atoms with van der Waals surface area (Å²) in [6.07, 6.45) is 12.9. The van der Waals surface area contributed by atoms with Crippen LogP contribution in [0.5, 0.6) is 0 Å². The smallest absolute Gasteiger partial charge is 0.303 e. The second-order valence-corrected chi connectivity index (χ2v) is 9.87. The maximum atomic E-state index is 10.8. The minimum Gasteiger partial charge on any atom is -0.481 e. The Morgan fingerprint density at radius 3 is 2.45 bits per heavy atom. The van der Waals surface area contributed by atoms with Crippen LogP contribution in [-0.2, 0) is 17.6 Å². The number of carbonyl (C=O) groups is 1. The van der Waals surface area contributed by atoms with Crippen LogP contribution < -0.4 is 5.73 Å². The number of unbranched alkanes of at least 4 members (excludes halogenated alkanes) is 4. The molecule has 5 heteroatoms. The maximum Gasteiger partial charge on any atom is 0.303 e. The Morgan fingerprint density at radius 1 is 1.03 bits per heavy atom. The summed E-state index contributed by atoms with van der Waals surface area (Å²) in [7, 11) is 0. The minimum atomic E-state index is -0.831. The van der Waals surface area contributed by atoms with E-state index >= 15 is 0 Å². The van der Waals surface area contributed by atoms with Gasteiger partial charge in [0.15, 0.2) is 0 Å². The molecule has 0 saturated carbocycles. The van der Waals surface area contributed by atoms with E-state index in [1.54, 1.807) is 11.8 Å². The number of allylic oxidation sites excluding steroid dienone is 1. The molecule has 0 spiro atoms. The molecule has 0 aliphatic rings. The number of rotatable bonds is 16. The van der Waals surface area contributed by atoms with Crippen LogP contribution >= 0.6 is 11.8 Å². The summed E-state index contributed by atoms with van der Waals surface area (Å²) in [6.45, 7) is 2.24. The summed E-state index contributed by atoms with van der Waals surface area (Å²) in [4.78, 5) is 11.8. The van der Waals surface area contributed by atoms with Crippen molar-refractivity contribution in [2.24, 2.45) is 0 Å². The zero-order valence-electron chi connectivity index (χ0n) is 19.8. The summed E-state index contributed by atoms with van der Waals surface area (Å²) < 4.78 is 0. The Balaban J connectivity index is 1.92. The van der Waals surface area contributed by atoms with Crippen molar-refractivity contribution in [3.63, 3.8) is 0 Å². The van der Waals surface area contributed by atoms with E-state index in [0.717, 1.165) is 17.7 Å². The van der Waals surface area contributed by atoms with Gasteiger partial charge < -0.3 is 15.9 Å². The van der Waals surface area contributed by atoms with E-state index < -0.39 is 12.1 Å². The fraction of sp³-hybridized carbons (Fsp3) is 0.464. The molecule has 33 heavy (non-hydrogen) atoms. The van der Waals surface area contributed by atoms with E-state index in [9.17, 15) is 9.90 Å². The van der Waals surface area contributed by atoms with Gasteiger partial charge in [0.2, 0.25) is 0 Å². The van der Waals surface area contributed by atoms with Crippen molar-refractivity contribution in [3.05, 3.63) is 71.8 Å². The SMILES string of the molecule is CCCCCCCc1ccc(C/C=C\[C@@H](Sc2cccc(N)c2)[C@@H](O)CCCC(=O)O)cc1. The lowest BCUT2D eigenvalue weighted by Gasteiger charge is -2.19. The van der Waals surface area contributed by atoms with Crippen LogP contribution in [-0.4, -0.2) is 27.5 Å². The predicted octanol–water partition coefficient (Wildman–Crippen LogP) is 6.66. The van der Waals surface area contributed by atoms with Crippen LogP contribution in [0, 0.1) is 0 Å². The van der Waals surface area contributed by atoms with Gasteiger partial charge in [0.05, 0.1) is 11.4 Å². The van der Waals surface area contributed by atoms with Crippen LogP contribution in [0.15, 0.2) is 65.6 Å². The van der Waals surface area contributed by atoms with Crippen molar-refractivity contribution < 1.29 is 15.0 Å². The van der Waals surface area contributed by atoms with Crippen molar-refractivity contribution in [2.45, 2.75) is 87.4 Å². The third kappa shape index (κ3) is 11.4. The maximum absolute atomic E-state index is 10.8. The Morgan fingerprint density at radius 2 is 1.76 bits per heavy atom. The molecule has 0 saturated heterocycles. The van der Waals surface area contributed by atoms with Crippen LogP contribution in [0.25, 0.3) is 0 Å². The second kappa shape index (κ2) is 15.6. The first kappa shape index (κ1) is 27.0. The number of aliphatic carboxylic acids is 1. The minimum absolute atomic E-state index is 0.0708. The molecular weight excluding hydrogens is 430 g/mol. The molecule has 0 aromatic heterocycles. The average Bonchev–Trinajstić information content (AvgIpc) is 2.79. The van der Waals surface area contributed by atoms with Gasteiger partial charge in [-0.15, -0.1) is 11.8 Å². The molecule has 0 radical (unpaired) electrons. The van der Waals surface area contributed by atoms with Gasteiger partial charge in [-0.3, -0.25) is 4.79 Å². The molecule has 0 aliphatic carbocycles. The predicted molar refractivity (Wildman–Crippen MR) is 140 cm³/mol. The third-order valence-electron chi connectivity index (χ3n) is 5.67. The van der Waals surface area contributed by atoms with Crippen molar-refractivity contribution in [3.8, 4) is 0 Å². The van der Waals surface area contributed by atoms with Gasteiger partial charge in [-0.25, -0.2) is 0 Å². The molecule has 2 aromatic carbocycles. The molecule has 0 bridgehead atoms. The van der Waals surface area contributed by atoms with Gasteiger partial charge in [-0.05, 0) is 61.4 Å². The van der Waals surface area contributed by atoms with Crippen molar-refractivity contribution >= 4 is 23.4 Å². The molecule has 0 amide bonds. The number of carboxylic acid groups (broad SMARTS) is 1. The second-order valence-electron chi connectivity index (χ2n) is 8.62. The standard InChI is InChI=1S/C28H39NO3S/c1-2-3-4-5-6-10-22-17-19-23(20-18-22)11-7-15-27(26(30)14-9-16-28(31)32)33-25-13-8-12-24(29)21-25/h7-8,12-13,15,17-21,26-27,30H,2-6,9-11,14,16,29H2,1H3,(H,31,32)/b15-7-/t26-,27+/m0/s1. The van der Waals surface area contributed by atoms with Crippen molar-refractivity contribution in [1.29, 1.82) is 0 Å². The third-order valence-corrected chi connectivity index (χ3v) is 6.94. The quantitative estimate of drug-likeness (QED) is 0.111. The van der Waals surface area contributed by atoms with E-state index in [4.69, 9.17) is 10.8 Å². The molecule has 0 unspecified atom stereocenters. The number of anilines is 1. The number of carboxylic acids is 1. The lowest BCUT2D eigenvalue weighted by Crippen LogP contribution is -2.21. The lowest BCUT2D eigenvalue weighted by atomic mass is 10.0. The highest BCUT2D eigenvalue weighted by molar-refractivity contribution is 8.00. The zero-order valence-corrected chi connectivity index (χ0v) is 20.6. The number of aliphatic hydroxyl groups is 1. The molecule has 0 aliphatic heterocycles. The molecular formula is C28H39NO3S. The first-order chi connectivity index (χ1) is 16.0. The van der Waals surface area contributed by atoms with Crippen LogP contribution in [0.3, 0.4) is 0 Å². The number of hydrogen-bond acceptors (Lipinski definition) is 4. The van der Waals surface area contributed by atoms with E-state index in [1.807, 2.05) is 30.3 Å². The summed E-state index contributed by atoms with van der Waals surface area (Å²) in [6, 6.07) is 16.5. The summed E-state index contributed by atoms with van der Waals surface area (Å²) in [5.74, 6) is -0.831. The molecule has 2 atom stereocenters. The van der Waals surface area contributed by atoms with Gasteiger partial charge in [0.1, 0.15) is 0 Å². The number of nitrogen functional groups attached to an aromatic ring is 1. The highest BCUT2D eigenvalue weighted by atomic mass is 32.2. The van der Waals surface area contributed by atoms with Crippen molar-refractivity contribution in [1.82, 2.24) is 0 Å². The van der Waals surface area contributed by atoms with Crippen LogP contribution in [0.1, 0.15) is 69.4 Å². The zero-order chi connectivity index (χ0) is 23.9. The van der Waals surface area contributed by atoms with Gasteiger partial charge >= 0.3 is 5.97 Å². The molecule has 2 rings (SSSR count). The first-order valence-corrected chi connectivity index (χ1v) is 13.0. The Kier molecular flexibility index (Phi) is 12.7. The van der Waals surface area contributed by atoms with E-state index in [-0.39, 0.29) is 11.7 Å². The van der Waals surface area contributed by atoms with E-state index in [1.165, 1.54) is 43.2 Å². The van der Waals surface area contributed by atoms with Gasteiger partial charge in [0.25, 0.3) is 0 Å². The number of aliphatic hydroxyl groups excluding tert-OH is 1. The first-order valence-electron chi connectivity index (χ1n) is 12.1. The van der Waals surface area contributed by atoms with Crippen molar-refractivity contribution in [2.75, 3.05) is 5.73 Å². The topological polar surface area (TPSA) is 83.5 Å². The molecule has 4 nitrogen and oxygen atoms in total. The number of nitrogens with two attached hydrogens (primary N) is 1. The van der Waals surface area contributed by atoms with Crippen LogP contribution in [0.2, 0.25) is 0 Å². The summed E-state index contributed by atoms with van der Waals surface area (Å²) in [5, 5.41) is 19.4. The lowest BCUT2D eigenvalue weighted by molar-refractivity contribution is -0.137. The highest BCUT2D eigenvalue weighted by Crippen LogP contribution is 2.29. The highest BCUT2D eigenvalue weighted by Gasteiger charge is 2.18.